The van der Waals surface area contributed by atoms with Crippen molar-refractivity contribution in [3.63, 3.8) is 0 Å². The molecule has 0 spiro atoms. The van der Waals surface area contributed by atoms with Crippen molar-refractivity contribution in [2.24, 2.45) is 10.9 Å². The lowest BCUT2D eigenvalue weighted by molar-refractivity contribution is 0.172. The Hall–Kier alpha value is -0.720. The largest absolute Gasteiger partial charge is 0.357 e. The highest BCUT2D eigenvalue weighted by Crippen LogP contribution is 2.25. The number of rotatable bonds is 7. The lowest BCUT2D eigenvalue weighted by atomic mass is 9.98. The molecule has 4 nitrogen and oxygen atoms in total. The van der Waals surface area contributed by atoms with Crippen molar-refractivity contribution in [2.75, 3.05) is 38.5 Å². The molecule has 0 amide bonds. The smallest absolute Gasteiger partial charge is 0.191 e. The Bertz CT molecular complexity index is 512. The van der Waals surface area contributed by atoms with Gasteiger partial charge in [-0.25, -0.2) is 0 Å². The van der Waals surface area contributed by atoms with E-state index in [0.717, 1.165) is 37.4 Å². The molecule has 1 aromatic heterocycles. The van der Waals surface area contributed by atoms with E-state index in [-0.39, 0.29) is 0 Å². The van der Waals surface area contributed by atoms with E-state index in [1.165, 1.54) is 49.4 Å². The zero-order valence-electron chi connectivity index (χ0n) is 15.4. The highest BCUT2D eigenvalue weighted by Gasteiger charge is 2.20. The van der Waals surface area contributed by atoms with E-state index in [2.05, 4.69) is 51.7 Å². The zero-order chi connectivity index (χ0) is 17.3. The summed E-state index contributed by atoms with van der Waals surface area (Å²) in [4.78, 5) is 8.97. The number of piperidine rings is 1. The number of aliphatic imine (C=N–C) groups is 1. The van der Waals surface area contributed by atoms with Gasteiger partial charge in [-0.15, -0.1) is 11.3 Å². The molecule has 2 aliphatic heterocycles. The Morgan fingerprint density at radius 3 is 3.04 bits per heavy atom. The second-order valence-corrected chi connectivity index (χ2v) is 9.50. The van der Waals surface area contributed by atoms with Gasteiger partial charge in [0.25, 0.3) is 0 Å². The number of likely N-dealkylation sites (tertiary alicyclic amines) is 1. The number of guanidine groups is 1. The van der Waals surface area contributed by atoms with Crippen LogP contribution in [-0.4, -0.2) is 54.6 Å². The first-order valence-electron chi connectivity index (χ1n) is 9.72. The summed E-state index contributed by atoms with van der Waals surface area (Å²) in [7, 11) is 0. The maximum Gasteiger partial charge on any atom is 0.191 e. The van der Waals surface area contributed by atoms with E-state index in [1.807, 2.05) is 11.3 Å². The molecule has 3 rings (SSSR count). The number of hydrogen-bond donors (Lipinski definition) is 2. The third kappa shape index (κ3) is 6.50. The van der Waals surface area contributed by atoms with E-state index in [9.17, 15) is 0 Å². The van der Waals surface area contributed by atoms with Crippen LogP contribution in [0.5, 0.6) is 0 Å². The van der Waals surface area contributed by atoms with Crippen LogP contribution in [0.3, 0.4) is 0 Å². The van der Waals surface area contributed by atoms with Gasteiger partial charge in [0, 0.05) is 42.9 Å². The summed E-state index contributed by atoms with van der Waals surface area (Å²) in [6, 6.07) is 4.41. The molecule has 2 saturated heterocycles. The predicted octanol–water partition coefficient (Wildman–Crippen LogP) is 3.41. The van der Waals surface area contributed by atoms with Gasteiger partial charge < -0.3 is 10.6 Å². The van der Waals surface area contributed by atoms with Gasteiger partial charge in [0.05, 0.1) is 0 Å². The molecular formula is C19H32N4S2. The lowest BCUT2D eigenvalue weighted by Gasteiger charge is -2.31. The maximum atomic E-state index is 4.89. The highest BCUT2D eigenvalue weighted by molar-refractivity contribution is 8.00. The second-order valence-electron chi connectivity index (χ2n) is 7.06. The topological polar surface area (TPSA) is 39.7 Å². The fourth-order valence-electron chi connectivity index (χ4n) is 3.64. The van der Waals surface area contributed by atoms with Gasteiger partial charge in [-0.05, 0) is 62.3 Å². The van der Waals surface area contributed by atoms with E-state index >= 15 is 0 Å². The van der Waals surface area contributed by atoms with Crippen LogP contribution in [0.2, 0.25) is 0 Å². The van der Waals surface area contributed by atoms with Crippen molar-refractivity contribution < 1.29 is 0 Å². The second kappa shape index (κ2) is 10.4. The van der Waals surface area contributed by atoms with Gasteiger partial charge in [0.1, 0.15) is 0 Å². The highest BCUT2D eigenvalue weighted by atomic mass is 32.2. The van der Waals surface area contributed by atoms with Crippen molar-refractivity contribution >= 4 is 29.1 Å². The molecule has 0 bridgehead atoms. The minimum absolute atomic E-state index is 0.685. The molecule has 2 N–H and O–H groups in total. The molecule has 0 radical (unpaired) electrons. The van der Waals surface area contributed by atoms with Crippen LogP contribution in [0.4, 0.5) is 0 Å². The van der Waals surface area contributed by atoms with Crippen LogP contribution in [0.15, 0.2) is 22.5 Å². The summed E-state index contributed by atoms with van der Waals surface area (Å²) in [6.45, 7) is 8.58. The average Bonchev–Trinajstić information content (AvgIpc) is 3.31. The molecule has 2 fully saturated rings. The van der Waals surface area contributed by atoms with Crippen molar-refractivity contribution in [1.82, 2.24) is 15.5 Å². The molecule has 2 unspecified atom stereocenters. The number of thiophene rings is 1. The van der Waals surface area contributed by atoms with E-state index < -0.39 is 0 Å². The third-order valence-electron chi connectivity index (χ3n) is 4.94. The normalized spacial score (nSPS) is 25.2. The Morgan fingerprint density at radius 2 is 2.28 bits per heavy atom. The summed E-state index contributed by atoms with van der Waals surface area (Å²) in [5, 5.41) is 9.91. The van der Waals surface area contributed by atoms with Gasteiger partial charge in [0.15, 0.2) is 5.96 Å². The first-order valence-corrected chi connectivity index (χ1v) is 11.6. The Balaban J connectivity index is 1.45. The standard InChI is InChI=1S/C19H32N4S2/c1-2-20-19(22-13-17-7-4-10-24-17)21-12-16-6-3-9-23(14-16)15-18-8-5-11-25-18/h5,8,11,16-17H,2-4,6-7,9-10,12-15H2,1H3,(H2,20,21,22). The van der Waals surface area contributed by atoms with E-state index in [1.54, 1.807) is 0 Å². The van der Waals surface area contributed by atoms with Crippen molar-refractivity contribution in [1.29, 1.82) is 0 Å². The molecule has 2 aliphatic rings. The Morgan fingerprint density at radius 1 is 1.32 bits per heavy atom. The van der Waals surface area contributed by atoms with Gasteiger partial charge in [-0.2, -0.15) is 11.8 Å². The van der Waals surface area contributed by atoms with Crippen LogP contribution in [0.1, 0.15) is 37.5 Å². The fourth-order valence-corrected chi connectivity index (χ4v) is 5.59. The predicted molar refractivity (Wildman–Crippen MR) is 112 cm³/mol. The number of nitrogens with zero attached hydrogens (tertiary/aromatic N) is 2. The average molecular weight is 381 g/mol. The maximum absolute atomic E-state index is 4.89. The summed E-state index contributed by atoms with van der Waals surface area (Å²) >= 11 is 3.97. The summed E-state index contributed by atoms with van der Waals surface area (Å²) < 4.78 is 0. The van der Waals surface area contributed by atoms with Crippen LogP contribution >= 0.6 is 23.1 Å². The van der Waals surface area contributed by atoms with E-state index in [0.29, 0.717) is 5.92 Å². The van der Waals surface area contributed by atoms with Gasteiger partial charge in [-0.1, -0.05) is 6.07 Å². The van der Waals surface area contributed by atoms with Gasteiger partial charge >= 0.3 is 0 Å². The summed E-state index contributed by atoms with van der Waals surface area (Å²) in [5.41, 5.74) is 0. The van der Waals surface area contributed by atoms with Crippen LogP contribution in [0.25, 0.3) is 0 Å². The van der Waals surface area contributed by atoms with Crippen LogP contribution in [-0.2, 0) is 6.54 Å². The van der Waals surface area contributed by atoms with Crippen LogP contribution in [0, 0.1) is 5.92 Å². The number of thioether (sulfide) groups is 1. The van der Waals surface area contributed by atoms with Crippen molar-refractivity contribution in [3.8, 4) is 0 Å². The Labute approximate surface area is 160 Å². The Kier molecular flexibility index (Phi) is 7.95. The van der Waals surface area contributed by atoms with Crippen molar-refractivity contribution in [2.45, 2.75) is 44.4 Å². The number of nitrogens with one attached hydrogen (secondary N) is 2. The molecule has 0 aliphatic carbocycles. The number of hydrogen-bond acceptors (Lipinski definition) is 4. The molecule has 140 valence electrons. The molecule has 6 heteroatoms. The fraction of sp³-hybridized carbons (Fsp3) is 0.737. The molecular weight excluding hydrogens is 348 g/mol. The van der Waals surface area contributed by atoms with Gasteiger partial charge in [0.2, 0.25) is 0 Å². The molecule has 3 heterocycles. The van der Waals surface area contributed by atoms with Crippen molar-refractivity contribution in [3.05, 3.63) is 22.4 Å². The molecule has 0 aromatic carbocycles. The minimum Gasteiger partial charge on any atom is -0.357 e. The SMILES string of the molecule is CCNC(=NCC1CCCN(Cc2cccs2)C1)NCC1CCCS1. The third-order valence-corrected chi connectivity index (χ3v) is 7.19. The molecule has 0 saturated carbocycles. The summed E-state index contributed by atoms with van der Waals surface area (Å²) in [5.74, 6) is 3.01. The first-order chi connectivity index (χ1) is 12.3. The molecule has 1 aromatic rings. The quantitative estimate of drug-likeness (QED) is 0.562. The van der Waals surface area contributed by atoms with Gasteiger partial charge in [-0.3, -0.25) is 9.89 Å². The molecule has 25 heavy (non-hydrogen) atoms. The monoisotopic (exact) mass is 380 g/mol. The van der Waals surface area contributed by atoms with E-state index in [4.69, 9.17) is 4.99 Å². The minimum atomic E-state index is 0.685. The summed E-state index contributed by atoms with van der Waals surface area (Å²) in [6.07, 6.45) is 5.32. The lowest BCUT2D eigenvalue weighted by Crippen LogP contribution is -2.41. The molecule has 2 atom stereocenters. The zero-order valence-corrected chi connectivity index (χ0v) is 17.0. The first kappa shape index (κ1) is 19.1. The van der Waals surface area contributed by atoms with Crippen LogP contribution < -0.4 is 10.6 Å².